The summed E-state index contributed by atoms with van der Waals surface area (Å²) >= 11 is 7.25. The molecule has 1 aromatic carbocycles. The number of halogens is 1. The summed E-state index contributed by atoms with van der Waals surface area (Å²) in [5, 5.41) is 10.6. The maximum Gasteiger partial charge on any atom is 0.338 e. The highest BCUT2D eigenvalue weighted by atomic mass is 35.5. The number of aromatic carboxylic acids is 1. The molecule has 0 radical (unpaired) electrons. The van der Waals surface area contributed by atoms with Crippen LogP contribution in [-0.2, 0) is 12.8 Å². The molecule has 1 N–H and O–H groups in total. The normalized spacial score (nSPS) is 13.8. The zero-order chi connectivity index (χ0) is 14.8. The number of rotatable bonds is 3. The first-order valence-electron chi connectivity index (χ1n) is 6.83. The molecule has 1 aliphatic carbocycles. The molecule has 1 aromatic heterocycles. The molecule has 1 heterocycles. The average molecular weight is 320 g/mol. The second-order valence-electron chi connectivity index (χ2n) is 5.02. The molecule has 0 fully saturated rings. The van der Waals surface area contributed by atoms with E-state index in [0.717, 1.165) is 41.8 Å². The molecule has 0 saturated heterocycles. The second-order valence-corrected chi connectivity index (χ2v) is 6.51. The van der Waals surface area contributed by atoms with Crippen molar-refractivity contribution in [3.05, 3.63) is 52.2 Å². The number of hydrogen-bond donors (Lipinski definition) is 1. The maximum absolute atomic E-state index is 11.5. The van der Waals surface area contributed by atoms with E-state index >= 15 is 0 Å². The van der Waals surface area contributed by atoms with Crippen molar-refractivity contribution < 1.29 is 9.90 Å². The van der Waals surface area contributed by atoms with Gasteiger partial charge in [0.1, 0.15) is 5.03 Å². The van der Waals surface area contributed by atoms with Crippen LogP contribution in [0.25, 0.3) is 0 Å². The number of aromatic nitrogens is 1. The highest BCUT2D eigenvalue weighted by Crippen LogP contribution is 2.32. The summed E-state index contributed by atoms with van der Waals surface area (Å²) in [6.07, 6.45) is 4.09. The summed E-state index contributed by atoms with van der Waals surface area (Å²) in [6.45, 7) is 0. The van der Waals surface area contributed by atoms with Crippen molar-refractivity contribution in [2.24, 2.45) is 0 Å². The molecule has 1 aliphatic rings. The average Bonchev–Trinajstić information content (AvgIpc) is 2.48. The Morgan fingerprint density at radius 2 is 1.90 bits per heavy atom. The number of aryl methyl sites for hydroxylation is 2. The van der Waals surface area contributed by atoms with Gasteiger partial charge in [-0.25, -0.2) is 9.78 Å². The molecule has 0 spiro atoms. The van der Waals surface area contributed by atoms with Gasteiger partial charge in [0.05, 0.1) is 5.56 Å². The van der Waals surface area contributed by atoms with E-state index in [9.17, 15) is 9.90 Å². The van der Waals surface area contributed by atoms with Crippen LogP contribution in [0.1, 0.15) is 34.5 Å². The molecule has 0 saturated carbocycles. The van der Waals surface area contributed by atoms with Gasteiger partial charge < -0.3 is 5.11 Å². The zero-order valence-electron chi connectivity index (χ0n) is 11.3. The van der Waals surface area contributed by atoms with Gasteiger partial charge in [-0.2, -0.15) is 0 Å². The first kappa shape index (κ1) is 14.4. The van der Waals surface area contributed by atoms with Crippen molar-refractivity contribution >= 4 is 29.3 Å². The lowest BCUT2D eigenvalue weighted by Crippen LogP contribution is -2.10. The Morgan fingerprint density at radius 1 is 1.19 bits per heavy atom. The smallest absolute Gasteiger partial charge is 0.338 e. The predicted molar refractivity (Wildman–Crippen MR) is 83.4 cm³/mol. The Morgan fingerprint density at radius 3 is 2.62 bits per heavy atom. The molecule has 3 rings (SSSR count). The molecule has 0 bridgehead atoms. The number of carboxylic acids is 1. The minimum atomic E-state index is -0.924. The third-order valence-electron chi connectivity index (χ3n) is 3.52. The Kier molecular flexibility index (Phi) is 4.17. The highest BCUT2D eigenvalue weighted by Gasteiger charge is 2.19. The molecule has 0 atom stereocenters. The van der Waals surface area contributed by atoms with Crippen LogP contribution in [0.3, 0.4) is 0 Å². The molecule has 0 aliphatic heterocycles. The molecule has 0 amide bonds. The number of fused-ring (bicyclic) bond motifs is 1. The first-order valence-corrected chi connectivity index (χ1v) is 8.02. The molecular formula is C16H14ClNO2S. The number of pyridine rings is 1. The summed E-state index contributed by atoms with van der Waals surface area (Å²) in [4.78, 5) is 17.0. The van der Waals surface area contributed by atoms with E-state index in [2.05, 4.69) is 4.98 Å². The molecule has 5 heteroatoms. The molecule has 3 nitrogen and oxygen atoms in total. The van der Waals surface area contributed by atoms with E-state index < -0.39 is 5.97 Å². The van der Waals surface area contributed by atoms with E-state index in [1.54, 1.807) is 18.2 Å². The summed E-state index contributed by atoms with van der Waals surface area (Å²) in [6, 6.07) is 9.13. The zero-order valence-corrected chi connectivity index (χ0v) is 12.9. The van der Waals surface area contributed by atoms with Gasteiger partial charge in [0.15, 0.2) is 0 Å². The minimum absolute atomic E-state index is 0.288. The van der Waals surface area contributed by atoms with Gasteiger partial charge in [-0.15, -0.1) is 0 Å². The lowest BCUT2D eigenvalue weighted by Gasteiger charge is -2.17. The topological polar surface area (TPSA) is 50.2 Å². The number of carbonyl (C=O) groups is 1. The van der Waals surface area contributed by atoms with Crippen LogP contribution in [-0.4, -0.2) is 16.1 Å². The molecule has 21 heavy (non-hydrogen) atoms. The summed E-state index contributed by atoms with van der Waals surface area (Å²) in [5.41, 5.74) is 2.41. The molecule has 0 unspecified atom stereocenters. The summed E-state index contributed by atoms with van der Waals surface area (Å²) < 4.78 is 0. The molecule has 2 aromatic rings. The standard InChI is InChI=1S/C16H14ClNO2S/c17-11-5-7-12(8-6-11)21-15-13(16(19)20)9-10-3-1-2-4-14(10)18-15/h5-9H,1-4H2,(H,19,20). The van der Waals surface area contributed by atoms with Crippen molar-refractivity contribution in [3.63, 3.8) is 0 Å². The van der Waals surface area contributed by atoms with Crippen molar-refractivity contribution in [2.75, 3.05) is 0 Å². The van der Waals surface area contributed by atoms with E-state index in [-0.39, 0.29) is 5.56 Å². The van der Waals surface area contributed by atoms with Crippen molar-refractivity contribution in [3.8, 4) is 0 Å². The van der Waals surface area contributed by atoms with Crippen LogP contribution in [0, 0.1) is 0 Å². The first-order chi connectivity index (χ1) is 10.1. The molecular weight excluding hydrogens is 306 g/mol. The van der Waals surface area contributed by atoms with Gasteiger partial charge in [0.25, 0.3) is 0 Å². The van der Waals surface area contributed by atoms with Crippen molar-refractivity contribution in [1.29, 1.82) is 0 Å². The highest BCUT2D eigenvalue weighted by molar-refractivity contribution is 7.99. The van der Waals surface area contributed by atoms with E-state index in [0.29, 0.717) is 10.0 Å². The van der Waals surface area contributed by atoms with Crippen LogP contribution in [0.4, 0.5) is 0 Å². The Labute approximate surface area is 132 Å². The van der Waals surface area contributed by atoms with Gasteiger partial charge in [-0.05, 0) is 61.6 Å². The number of benzene rings is 1. The van der Waals surface area contributed by atoms with Gasteiger partial charge in [-0.1, -0.05) is 23.4 Å². The lowest BCUT2D eigenvalue weighted by molar-refractivity contribution is 0.0692. The minimum Gasteiger partial charge on any atom is -0.478 e. The number of hydrogen-bond acceptors (Lipinski definition) is 3. The van der Waals surface area contributed by atoms with Gasteiger partial charge in [0, 0.05) is 15.6 Å². The van der Waals surface area contributed by atoms with Crippen LogP contribution in [0.2, 0.25) is 5.02 Å². The third-order valence-corrected chi connectivity index (χ3v) is 4.79. The van der Waals surface area contributed by atoms with Gasteiger partial charge in [0.2, 0.25) is 0 Å². The lowest BCUT2D eigenvalue weighted by atomic mass is 9.95. The Hall–Kier alpha value is -1.52. The Balaban J connectivity index is 1.99. The van der Waals surface area contributed by atoms with Crippen LogP contribution in [0.5, 0.6) is 0 Å². The van der Waals surface area contributed by atoms with Crippen LogP contribution >= 0.6 is 23.4 Å². The summed E-state index contributed by atoms with van der Waals surface area (Å²) in [7, 11) is 0. The summed E-state index contributed by atoms with van der Waals surface area (Å²) in [5.74, 6) is -0.924. The maximum atomic E-state index is 11.5. The van der Waals surface area contributed by atoms with E-state index in [4.69, 9.17) is 11.6 Å². The fourth-order valence-corrected chi connectivity index (χ4v) is 3.49. The predicted octanol–water partition coefficient (Wildman–Crippen LogP) is 4.46. The second kappa shape index (κ2) is 6.08. The van der Waals surface area contributed by atoms with Crippen molar-refractivity contribution in [1.82, 2.24) is 4.98 Å². The fourth-order valence-electron chi connectivity index (χ4n) is 2.46. The number of carboxylic acid groups (broad SMARTS) is 1. The van der Waals surface area contributed by atoms with E-state index in [1.807, 2.05) is 12.1 Å². The van der Waals surface area contributed by atoms with E-state index in [1.165, 1.54) is 11.8 Å². The third kappa shape index (κ3) is 3.22. The fraction of sp³-hybridized carbons (Fsp3) is 0.250. The Bertz CT molecular complexity index is 685. The number of nitrogens with zero attached hydrogens (tertiary/aromatic N) is 1. The van der Waals surface area contributed by atoms with Crippen LogP contribution < -0.4 is 0 Å². The largest absolute Gasteiger partial charge is 0.478 e. The monoisotopic (exact) mass is 319 g/mol. The van der Waals surface area contributed by atoms with Gasteiger partial charge in [-0.3, -0.25) is 0 Å². The van der Waals surface area contributed by atoms with Crippen molar-refractivity contribution in [2.45, 2.75) is 35.6 Å². The molecule has 108 valence electrons. The quantitative estimate of drug-likeness (QED) is 0.907. The van der Waals surface area contributed by atoms with Gasteiger partial charge >= 0.3 is 5.97 Å². The SMILES string of the molecule is O=C(O)c1cc2c(nc1Sc1ccc(Cl)cc1)CCCC2. The van der Waals surface area contributed by atoms with Crippen LogP contribution in [0.15, 0.2) is 40.3 Å².